The van der Waals surface area contributed by atoms with Crippen molar-refractivity contribution < 1.29 is 22.4 Å². The fourth-order valence-electron chi connectivity index (χ4n) is 2.31. The zero-order chi connectivity index (χ0) is 14.9. The highest BCUT2D eigenvalue weighted by Crippen LogP contribution is 2.34. The number of halogens is 4. The van der Waals surface area contributed by atoms with Crippen LogP contribution in [0.25, 0.3) is 0 Å². The molecule has 1 fully saturated rings. The van der Waals surface area contributed by atoms with Gasteiger partial charge in [-0.1, -0.05) is 0 Å². The Labute approximate surface area is 113 Å². The first-order valence-electron chi connectivity index (χ1n) is 6.20. The summed E-state index contributed by atoms with van der Waals surface area (Å²) in [7, 11) is 0. The number of benzene rings is 1. The Morgan fingerprint density at radius 1 is 1.25 bits per heavy atom. The standard InChI is InChI=1S/C13H14F4N2O/c14-9-1-2-10(11(18)7-9)12(20)19-5-3-8(4-6-19)13(15,16)17/h1-2,7-8H,3-6,18H2. The van der Waals surface area contributed by atoms with E-state index >= 15 is 0 Å². The summed E-state index contributed by atoms with van der Waals surface area (Å²) in [6.45, 7) is 0.0552. The van der Waals surface area contributed by atoms with Gasteiger partial charge >= 0.3 is 6.18 Å². The van der Waals surface area contributed by atoms with Crippen LogP contribution in [-0.2, 0) is 0 Å². The van der Waals surface area contributed by atoms with Crippen LogP contribution in [0.15, 0.2) is 18.2 Å². The molecule has 0 atom stereocenters. The van der Waals surface area contributed by atoms with Crippen LogP contribution in [0.3, 0.4) is 0 Å². The van der Waals surface area contributed by atoms with E-state index in [4.69, 9.17) is 5.73 Å². The van der Waals surface area contributed by atoms with Gasteiger partial charge in [-0.15, -0.1) is 0 Å². The molecule has 1 saturated heterocycles. The Bertz CT molecular complexity index is 508. The molecule has 0 aromatic heterocycles. The molecule has 3 nitrogen and oxygen atoms in total. The van der Waals surface area contributed by atoms with E-state index in [1.54, 1.807) is 0 Å². The summed E-state index contributed by atoms with van der Waals surface area (Å²) < 4.78 is 50.5. The predicted molar refractivity (Wildman–Crippen MR) is 65.5 cm³/mol. The van der Waals surface area contributed by atoms with Crippen molar-refractivity contribution in [2.24, 2.45) is 5.92 Å². The highest BCUT2D eigenvalue weighted by molar-refractivity contribution is 5.99. The molecule has 1 heterocycles. The summed E-state index contributed by atoms with van der Waals surface area (Å²) in [4.78, 5) is 13.5. The van der Waals surface area contributed by atoms with Crippen molar-refractivity contribution in [1.29, 1.82) is 0 Å². The predicted octanol–water partition coefficient (Wildman–Crippen LogP) is 2.82. The Kier molecular flexibility index (Phi) is 3.87. The van der Waals surface area contributed by atoms with Gasteiger partial charge in [0.25, 0.3) is 5.91 Å². The third-order valence-corrected chi connectivity index (χ3v) is 3.49. The summed E-state index contributed by atoms with van der Waals surface area (Å²) >= 11 is 0. The van der Waals surface area contributed by atoms with Gasteiger partial charge < -0.3 is 10.6 Å². The third kappa shape index (κ3) is 3.02. The maximum atomic E-state index is 12.9. The lowest BCUT2D eigenvalue weighted by molar-refractivity contribution is -0.183. The minimum absolute atomic E-state index is 0.00653. The molecule has 0 bridgehead atoms. The minimum Gasteiger partial charge on any atom is -0.398 e. The Morgan fingerprint density at radius 2 is 1.85 bits per heavy atom. The fourth-order valence-corrected chi connectivity index (χ4v) is 2.31. The van der Waals surface area contributed by atoms with E-state index in [0.717, 1.165) is 12.1 Å². The van der Waals surface area contributed by atoms with Gasteiger partial charge in [-0.2, -0.15) is 13.2 Å². The van der Waals surface area contributed by atoms with Crippen molar-refractivity contribution in [3.8, 4) is 0 Å². The lowest BCUT2D eigenvalue weighted by Crippen LogP contribution is -2.42. The molecule has 0 saturated carbocycles. The number of piperidine rings is 1. The maximum Gasteiger partial charge on any atom is 0.391 e. The number of rotatable bonds is 1. The largest absolute Gasteiger partial charge is 0.398 e. The van der Waals surface area contributed by atoms with Gasteiger partial charge in [0.15, 0.2) is 0 Å². The number of nitrogen functional groups attached to an aromatic ring is 1. The number of likely N-dealkylation sites (tertiary alicyclic amines) is 1. The lowest BCUT2D eigenvalue weighted by atomic mass is 9.95. The monoisotopic (exact) mass is 290 g/mol. The van der Waals surface area contributed by atoms with Crippen LogP contribution in [0.1, 0.15) is 23.2 Å². The van der Waals surface area contributed by atoms with Crippen molar-refractivity contribution in [3.05, 3.63) is 29.6 Å². The number of hydrogen-bond donors (Lipinski definition) is 1. The number of anilines is 1. The summed E-state index contributed by atoms with van der Waals surface area (Å²) in [5.74, 6) is -2.38. The third-order valence-electron chi connectivity index (χ3n) is 3.49. The number of alkyl halides is 3. The van der Waals surface area contributed by atoms with Gasteiger partial charge in [0, 0.05) is 18.8 Å². The molecule has 0 spiro atoms. The molecule has 1 aliphatic heterocycles. The van der Waals surface area contributed by atoms with Gasteiger partial charge in [-0.05, 0) is 31.0 Å². The van der Waals surface area contributed by atoms with Crippen LogP contribution in [-0.4, -0.2) is 30.1 Å². The molecule has 7 heteroatoms. The molecule has 0 aliphatic carbocycles. The summed E-state index contributed by atoms with van der Waals surface area (Å²) in [5.41, 5.74) is 5.67. The smallest absolute Gasteiger partial charge is 0.391 e. The lowest BCUT2D eigenvalue weighted by Gasteiger charge is -2.33. The van der Waals surface area contributed by atoms with E-state index < -0.39 is 23.8 Å². The van der Waals surface area contributed by atoms with Crippen molar-refractivity contribution in [2.45, 2.75) is 19.0 Å². The highest BCUT2D eigenvalue weighted by Gasteiger charge is 2.41. The summed E-state index contributed by atoms with van der Waals surface area (Å²) in [6.07, 6.45) is -4.45. The number of carbonyl (C=O) groups excluding carboxylic acids is 1. The van der Waals surface area contributed by atoms with E-state index in [1.165, 1.54) is 11.0 Å². The van der Waals surface area contributed by atoms with Gasteiger partial charge in [0.1, 0.15) is 5.82 Å². The Balaban J connectivity index is 2.05. The minimum atomic E-state index is -4.22. The molecule has 20 heavy (non-hydrogen) atoms. The molecule has 2 N–H and O–H groups in total. The quantitative estimate of drug-likeness (QED) is 0.638. The Morgan fingerprint density at radius 3 is 2.35 bits per heavy atom. The molecule has 2 rings (SSSR count). The molecule has 0 radical (unpaired) electrons. The summed E-state index contributed by atoms with van der Waals surface area (Å²) in [5, 5.41) is 0. The van der Waals surface area contributed by atoms with Crippen LogP contribution in [0, 0.1) is 11.7 Å². The average Bonchev–Trinajstić information content (AvgIpc) is 2.37. The molecule has 1 aromatic carbocycles. The van der Waals surface area contributed by atoms with Gasteiger partial charge in [0.05, 0.1) is 11.5 Å². The van der Waals surface area contributed by atoms with Gasteiger partial charge in [-0.25, -0.2) is 4.39 Å². The number of carbonyl (C=O) groups is 1. The van der Waals surface area contributed by atoms with E-state index in [-0.39, 0.29) is 37.2 Å². The average molecular weight is 290 g/mol. The maximum absolute atomic E-state index is 12.9. The van der Waals surface area contributed by atoms with Crippen LogP contribution in [0.4, 0.5) is 23.2 Å². The van der Waals surface area contributed by atoms with Crippen LogP contribution in [0.2, 0.25) is 0 Å². The summed E-state index contributed by atoms with van der Waals surface area (Å²) in [6, 6.07) is 3.38. The SMILES string of the molecule is Nc1cc(F)ccc1C(=O)N1CCC(C(F)(F)F)CC1. The highest BCUT2D eigenvalue weighted by atomic mass is 19.4. The normalized spacial score (nSPS) is 17.3. The van der Waals surface area contributed by atoms with E-state index in [1.807, 2.05) is 0 Å². The molecular weight excluding hydrogens is 276 g/mol. The molecule has 1 aromatic rings. The van der Waals surface area contributed by atoms with E-state index in [0.29, 0.717) is 0 Å². The zero-order valence-corrected chi connectivity index (χ0v) is 10.6. The molecule has 0 unspecified atom stereocenters. The number of amides is 1. The first kappa shape index (κ1) is 14.6. The molecule has 110 valence electrons. The number of nitrogens with zero attached hydrogens (tertiary/aromatic N) is 1. The zero-order valence-electron chi connectivity index (χ0n) is 10.6. The first-order chi connectivity index (χ1) is 9.29. The fraction of sp³-hybridized carbons (Fsp3) is 0.462. The van der Waals surface area contributed by atoms with Crippen LogP contribution in [0.5, 0.6) is 0 Å². The van der Waals surface area contributed by atoms with Gasteiger partial charge in [-0.3, -0.25) is 4.79 Å². The van der Waals surface area contributed by atoms with Crippen molar-refractivity contribution in [2.75, 3.05) is 18.8 Å². The molecule has 1 aliphatic rings. The molecular formula is C13H14F4N2O. The van der Waals surface area contributed by atoms with Crippen molar-refractivity contribution in [3.63, 3.8) is 0 Å². The first-order valence-corrected chi connectivity index (χ1v) is 6.20. The van der Waals surface area contributed by atoms with E-state index in [9.17, 15) is 22.4 Å². The number of nitrogens with two attached hydrogens (primary N) is 1. The van der Waals surface area contributed by atoms with Crippen molar-refractivity contribution in [1.82, 2.24) is 4.90 Å². The second-order valence-electron chi connectivity index (χ2n) is 4.84. The van der Waals surface area contributed by atoms with Crippen molar-refractivity contribution >= 4 is 11.6 Å². The van der Waals surface area contributed by atoms with Gasteiger partial charge in [0.2, 0.25) is 0 Å². The second kappa shape index (κ2) is 5.30. The second-order valence-corrected chi connectivity index (χ2v) is 4.84. The number of hydrogen-bond acceptors (Lipinski definition) is 2. The van der Waals surface area contributed by atoms with E-state index in [2.05, 4.69) is 0 Å². The molecule has 1 amide bonds. The van der Waals surface area contributed by atoms with Crippen LogP contribution >= 0.6 is 0 Å². The van der Waals surface area contributed by atoms with Crippen LogP contribution < -0.4 is 5.73 Å². The Hall–Kier alpha value is -1.79. The topological polar surface area (TPSA) is 46.3 Å².